The van der Waals surface area contributed by atoms with Crippen molar-refractivity contribution in [2.45, 2.75) is 13.1 Å². The molecule has 3 aromatic rings. The third kappa shape index (κ3) is 4.37. The Labute approximate surface area is 164 Å². The fourth-order valence-corrected chi connectivity index (χ4v) is 3.31. The van der Waals surface area contributed by atoms with Crippen LogP contribution in [0.15, 0.2) is 61.3 Å². The second-order valence-electron chi connectivity index (χ2n) is 6.71. The molecule has 1 N–H and O–H groups in total. The van der Waals surface area contributed by atoms with Crippen molar-refractivity contribution in [3.63, 3.8) is 0 Å². The van der Waals surface area contributed by atoms with E-state index in [0.717, 1.165) is 31.0 Å². The molecule has 1 aromatic carbocycles. The summed E-state index contributed by atoms with van der Waals surface area (Å²) in [5.74, 6) is 0.603. The molecule has 1 fully saturated rings. The Morgan fingerprint density at radius 1 is 1.11 bits per heavy atom. The molecule has 1 aliphatic rings. The predicted octanol–water partition coefficient (Wildman–Crippen LogP) is 2.09. The van der Waals surface area contributed by atoms with Gasteiger partial charge in [-0.15, -0.1) is 0 Å². The van der Waals surface area contributed by atoms with Gasteiger partial charge in [0.15, 0.2) is 0 Å². The van der Waals surface area contributed by atoms with E-state index in [1.54, 1.807) is 24.8 Å². The molecular weight excluding hydrogens is 354 g/mol. The number of amides is 1. The number of benzene rings is 1. The molecule has 1 aliphatic heterocycles. The van der Waals surface area contributed by atoms with E-state index in [1.807, 2.05) is 29.0 Å². The van der Waals surface area contributed by atoms with Crippen molar-refractivity contribution in [1.29, 1.82) is 0 Å². The van der Waals surface area contributed by atoms with Gasteiger partial charge in [0, 0.05) is 44.8 Å². The van der Waals surface area contributed by atoms with Crippen LogP contribution in [0.3, 0.4) is 0 Å². The normalized spacial score (nSPS) is 14.1. The van der Waals surface area contributed by atoms with Crippen LogP contribution in [0.25, 0.3) is 0 Å². The average molecular weight is 377 g/mol. The van der Waals surface area contributed by atoms with Crippen molar-refractivity contribution in [3.05, 3.63) is 78.0 Å². The van der Waals surface area contributed by atoms with Gasteiger partial charge in [-0.05, 0) is 23.3 Å². The van der Waals surface area contributed by atoms with Crippen LogP contribution in [0.4, 0.5) is 5.82 Å². The average Bonchev–Trinajstić information content (AvgIpc) is 3.26. The molecule has 3 heterocycles. The minimum Gasteiger partial charge on any atom is -0.378 e. The fraction of sp³-hybridized carbons (Fsp3) is 0.286. The summed E-state index contributed by atoms with van der Waals surface area (Å²) in [6, 6.07) is 11.8. The van der Waals surface area contributed by atoms with Gasteiger partial charge in [0.2, 0.25) is 0 Å². The number of anilines is 1. The van der Waals surface area contributed by atoms with Crippen molar-refractivity contribution in [2.75, 3.05) is 31.2 Å². The molecule has 28 heavy (non-hydrogen) atoms. The van der Waals surface area contributed by atoms with Gasteiger partial charge in [-0.2, -0.15) is 0 Å². The molecule has 0 unspecified atom stereocenters. The molecule has 1 amide bonds. The van der Waals surface area contributed by atoms with Gasteiger partial charge < -0.3 is 19.5 Å². The van der Waals surface area contributed by atoms with E-state index in [-0.39, 0.29) is 5.91 Å². The van der Waals surface area contributed by atoms with Gasteiger partial charge in [-0.3, -0.25) is 4.79 Å². The Morgan fingerprint density at radius 3 is 2.79 bits per heavy atom. The number of rotatable bonds is 6. The van der Waals surface area contributed by atoms with Crippen LogP contribution in [-0.2, 0) is 17.8 Å². The fourth-order valence-electron chi connectivity index (χ4n) is 3.31. The van der Waals surface area contributed by atoms with Gasteiger partial charge in [0.1, 0.15) is 5.82 Å². The monoisotopic (exact) mass is 377 g/mol. The number of carbonyl (C=O) groups excluding carboxylic acids is 1. The maximum atomic E-state index is 12.8. The van der Waals surface area contributed by atoms with Gasteiger partial charge in [0.25, 0.3) is 5.91 Å². The lowest BCUT2D eigenvalue weighted by Gasteiger charge is -2.29. The Balaban J connectivity index is 1.42. The number of nitrogens with zero attached hydrogens (tertiary/aromatic N) is 4. The zero-order chi connectivity index (χ0) is 19.2. The van der Waals surface area contributed by atoms with Crippen LogP contribution in [-0.4, -0.2) is 46.7 Å². The number of pyridine rings is 1. The van der Waals surface area contributed by atoms with E-state index >= 15 is 0 Å². The Kier molecular flexibility index (Phi) is 5.63. The third-order valence-corrected chi connectivity index (χ3v) is 4.71. The van der Waals surface area contributed by atoms with E-state index in [1.165, 1.54) is 5.56 Å². The number of hydrogen-bond acceptors (Lipinski definition) is 5. The first kappa shape index (κ1) is 18.2. The third-order valence-electron chi connectivity index (χ3n) is 4.71. The van der Waals surface area contributed by atoms with E-state index < -0.39 is 0 Å². The summed E-state index contributed by atoms with van der Waals surface area (Å²) < 4.78 is 7.42. The van der Waals surface area contributed by atoms with Crippen LogP contribution in [0.1, 0.15) is 21.5 Å². The van der Waals surface area contributed by atoms with Gasteiger partial charge in [-0.1, -0.05) is 24.3 Å². The molecule has 0 aliphatic carbocycles. The molecule has 0 saturated carbocycles. The number of ether oxygens (including phenoxy) is 1. The Morgan fingerprint density at radius 2 is 1.96 bits per heavy atom. The maximum Gasteiger partial charge on any atom is 0.255 e. The lowest BCUT2D eigenvalue weighted by Crippen LogP contribution is -2.38. The van der Waals surface area contributed by atoms with E-state index in [2.05, 4.69) is 32.3 Å². The van der Waals surface area contributed by atoms with Crippen LogP contribution < -0.4 is 10.2 Å². The quantitative estimate of drug-likeness (QED) is 0.712. The van der Waals surface area contributed by atoms with Crippen LogP contribution in [0.2, 0.25) is 0 Å². The molecule has 2 aromatic heterocycles. The summed E-state index contributed by atoms with van der Waals surface area (Å²) in [6.45, 7) is 4.02. The molecule has 1 saturated heterocycles. The number of imidazole rings is 1. The number of hydrogen-bond donors (Lipinski definition) is 1. The zero-order valence-electron chi connectivity index (χ0n) is 15.6. The first-order chi connectivity index (χ1) is 13.8. The second kappa shape index (κ2) is 8.67. The largest absolute Gasteiger partial charge is 0.378 e. The van der Waals surface area contributed by atoms with Gasteiger partial charge in [-0.25, -0.2) is 9.97 Å². The van der Waals surface area contributed by atoms with E-state index in [4.69, 9.17) is 4.74 Å². The number of morpholine rings is 1. The molecule has 0 radical (unpaired) electrons. The summed E-state index contributed by atoms with van der Waals surface area (Å²) in [5.41, 5.74) is 2.82. The highest BCUT2D eigenvalue weighted by Gasteiger charge is 2.19. The Bertz CT molecular complexity index is 920. The standard InChI is InChI=1S/C21H23N5O2/c27-21(19-5-2-6-23-20(19)26-9-11-28-12-10-26)24-14-17-3-1-4-18(13-17)15-25-8-7-22-16-25/h1-8,13,16H,9-12,14-15H2,(H,24,27). The zero-order valence-corrected chi connectivity index (χ0v) is 15.6. The summed E-state index contributed by atoms with van der Waals surface area (Å²) in [7, 11) is 0. The van der Waals surface area contributed by atoms with Gasteiger partial charge >= 0.3 is 0 Å². The molecule has 4 rings (SSSR count). The minimum absolute atomic E-state index is 0.116. The summed E-state index contributed by atoms with van der Waals surface area (Å²) in [5, 5.41) is 3.02. The highest BCUT2D eigenvalue weighted by molar-refractivity contribution is 5.98. The summed E-state index contributed by atoms with van der Waals surface area (Å²) in [4.78, 5) is 23.4. The van der Waals surface area contributed by atoms with Crippen LogP contribution >= 0.6 is 0 Å². The lowest BCUT2D eigenvalue weighted by atomic mass is 10.1. The molecule has 144 valence electrons. The van der Waals surface area contributed by atoms with E-state index in [0.29, 0.717) is 25.3 Å². The van der Waals surface area contributed by atoms with E-state index in [9.17, 15) is 4.79 Å². The van der Waals surface area contributed by atoms with Crippen molar-refractivity contribution in [3.8, 4) is 0 Å². The molecule has 0 spiro atoms. The summed E-state index contributed by atoms with van der Waals surface area (Å²) in [6.07, 6.45) is 7.22. The van der Waals surface area contributed by atoms with Crippen molar-refractivity contribution >= 4 is 11.7 Å². The molecule has 7 heteroatoms. The van der Waals surface area contributed by atoms with Crippen molar-refractivity contribution in [2.24, 2.45) is 0 Å². The SMILES string of the molecule is O=C(NCc1cccc(Cn2ccnc2)c1)c1cccnc1N1CCOCC1. The first-order valence-electron chi connectivity index (χ1n) is 9.39. The number of nitrogens with one attached hydrogen (secondary N) is 1. The van der Waals surface area contributed by atoms with Crippen LogP contribution in [0.5, 0.6) is 0 Å². The molecular formula is C21H23N5O2. The molecule has 7 nitrogen and oxygen atoms in total. The van der Waals surface area contributed by atoms with Crippen molar-refractivity contribution < 1.29 is 9.53 Å². The predicted molar refractivity (Wildman–Crippen MR) is 106 cm³/mol. The Hall–Kier alpha value is -3.19. The molecule has 0 bridgehead atoms. The van der Waals surface area contributed by atoms with Crippen LogP contribution in [0, 0.1) is 0 Å². The lowest BCUT2D eigenvalue weighted by molar-refractivity contribution is 0.0949. The van der Waals surface area contributed by atoms with Crippen molar-refractivity contribution in [1.82, 2.24) is 19.9 Å². The van der Waals surface area contributed by atoms with Gasteiger partial charge in [0.05, 0.1) is 25.1 Å². The number of aromatic nitrogens is 3. The maximum absolute atomic E-state index is 12.8. The number of carbonyl (C=O) groups is 1. The smallest absolute Gasteiger partial charge is 0.255 e. The first-order valence-corrected chi connectivity index (χ1v) is 9.39. The topological polar surface area (TPSA) is 72.3 Å². The molecule has 0 atom stereocenters. The minimum atomic E-state index is -0.116. The highest BCUT2D eigenvalue weighted by atomic mass is 16.5. The summed E-state index contributed by atoms with van der Waals surface area (Å²) >= 11 is 0. The second-order valence-corrected chi connectivity index (χ2v) is 6.71. The highest BCUT2D eigenvalue weighted by Crippen LogP contribution is 2.18.